The molecule has 1 amide bonds. The Balaban J connectivity index is 1.81. The van der Waals surface area contributed by atoms with Crippen LogP contribution in [0.4, 0.5) is 0 Å². The molecule has 0 bridgehead atoms. The number of aromatic nitrogens is 2. The van der Waals surface area contributed by atoms with Crippen molar-refractivity contribution in [3.8, 4) is 0 Å². The van der Waals surface area contributed by atoms with Gasteiger partial charge in [-0.2, -0.15) is 0 Å². The number of benzene rings is 1. The van der Waals surface area contributed by atoms with Gasteiger partial charge in [-0.25, -0.2) is 4.98 Å². The zero-order valence-electron chi connectivity index (χ0n) is 11.5. The van der Waals surface area contributed by atoms with Crippen LogP contribution in [0.1, 0.15) is 11.3 Å². The monoisotopic (exact) mass is 325 g/mol. The average molecular weight is 326 g/mol. The average Bonchev–Trinajstić information content (AvgIpc) is 2.83. The van der Waals surface area contributed by atoms with Crippen LogP contribution in [0.15, 0.2) is 35.6 Å². The first-order chi connectivity index (χ1) is 10.1. The van der Waals surface area contributed by atoms with E-state index in [9.17, 15) is 4.79 Å². The van der Waals surface area contributed by atoms with Crippen LogP contribution in [-0.4, -0.2) is 26.3 Å². The van der Waals surface area contributed by atoms with Crippen LogP contribution in [0, 0.1) is 0 Å². The van der Waals surface area contributed by atoms with Crippen molar-refractivity contribution in [3.05, 3.63) is 46.7 Å². The number of aliphatic hydroxyl groups excluding tert-OH is 1. The van der Waals surface area contributed by atoms with Crippen molar-refractivity contribution in [1.29, 1.82) is 0 Å². The summed E-state index contributed by atoms with van der Waals surface area (Å²) in [6.45, 7) is 0.382. The van der Waals surface area contributed by atoms with Gasteiger partial charge in [0.1, 0.15) is 0 Å². The molecular weight excluding hydrogens is 310 g/mol. The fourth-order valence-electron chi connectivity index (χ4n) is 1.74. The largest absolute Gasteiger partial charge is 0.390 e. The van der Waals surface area contributed by atoms with E-state index in [4.69, 9.17) is 16.7 Å². The second kappa shape index (κ2) is 7.49. The maximum Gasteiger partial charge on any atom is 0.230 e. The number of nitrogens with one attached hydrogen (secondary N) is 1. The molecule has 2 aromatic rings. The molecule has 112 valence electrons. The maximum absolute atomic E-state index is 11.8. The van der Waals surface area contributed by atoms with Crippen molar-refractivity contribution >= 4 is 29.3 Å². The Hall–Kier alpha value is -1.50. The predicted octanol–water partition coefficient (Wildman–Crippen LogP) is 1.97. The molecule has 1 aromatic carbocycles. The zero-order chi connectivity index (χ0) is 15.2. The van der Waals surface area contributed by atoms with Gasteiger partial charge >= 0.3 is 0 Å². The molecule has 0 saturated carbocycles. The highest BCUT2D eigenvalue weighted by Gasteiger charge is 2.09. The summed E-state index contributed by atoms with van der Waals surface area (Å²) in [5.41, 5.74) is 1.68. The van der Waals surface area contributed by atoms with Gasteiger partial charge in [-0.3, -0.25) is 4.79 Å². The molecule has 5 nitrogen and oxygen atoms in total. The second-order valence-corrected chi connectivity index (χ2v) is 5.82. The van der Waals surface area contributed by atoms with Crippen molar-refractivity contribution in [2.24, 2.45) is 7.05 Å². The minimum atomic E-state index is -0.0754. The Morgan fingerprint density at radius 3 is 3.00 bits per heavy atom. The first-order valence-corrected chi connectivity index (χ1v) is 7.72. The lowest BCUT2D eigenvalue weighted by molar-refractivity contribution is -0.118. The van der Waals surface area contributed by atoms with Gasteiger partial charge in [0.2, 0.25) is 5.91 Å². The van der Waals surface area contributed by atoms with Gasteiger partial charge in [0.05, 0.1) is 24.3 Å². The number of imidazole rings is 1. The Kier molecular flexibility index (Phi) is 5.67. The van der Waals surface area contributed by atoms with E-state index < -0.39 is 0 Å². The SMILES string of the molecule is Cn1c(CO)cnc1SCC(=O)NCc1cccc(Cl)c1. The van der Waals surface area contributed by atoms with Crippen molar-refractivity contribution < 1.29 is 9.90 Å². The Morgan fingerprint density at radius 1 is 1.52 bits per heavy atom. The molecule has 0 aliphatic rings. The molecule has 1 heterocycles. The topological polar surface area (TPSA) is 67.1 Å². The number of hydrogen-bond acceptors (Lipinski definition) is 4. The summed E-state index contributed by atoms with van der Waals surface area (Å²) in [6.07, 6.45) is 1.60. The third-order valence-electron chi connectivity index (χ3n) is 2.91. The van der Waals surface area contributed by atoms with Crippen molar-refractivity contribution in [2.45, 2.75) is 18.3 Å². The Morgan fingerprint density at radius 2 is 2.33 bits per heavy atom. The van der Waals surface area contributed by atoms with Gasteiger partial charge in [0.15, 0.2) is 5.16 Å². The minimum absolute atomic E-state index is 0.0645. The maximum atomic E-state index is 11.8. The lowest BCUT2D eigenvalue weighted by Gasteiger charge is -2.06. The van der Waals surface area contributed by atoms with E-state index >= 15 is 0 Å². The summed E-state index contributed by atoms with van der Waals surface area (Å²) >= 11 is 7.22. The third kappa shape index (κ3) is 4.49. The molecule has 0 unspecified atom stereocenters. The fraction of sp³-hybridized carbons (Fsp3) is 0.286. The molecule has 0 saturated heterocycles. The number of carbonyl (C=O) groups excluding carboxylic acids is 1. The number of thioether (sulfide) groups is 1. The number of nitrogens with zero attached hydrogens (tertiary/aromatic N) is 2. The minimum Gasteiger partial charge on any atom is -0.390 e. The molecule has 2 rings (SSSR count). The summed E-state index contributed by atoms with van der Waals surface area (Å²) in [5, 5.41) is 13.3. The highest BCUT2D eigenvalue weighted by molar-refractivity contribution is 7.99. The lowest BCUT2D eigenvalue weighted by atomic mass is 10.2. The first-order valence-electron chi connectivity index (χ1n) is 6.35. The quantitative estimate of drug-likeness (QED) is 0.797. The van der Waals surface area contributed by atoms with E-state index in [0.29, 0.717) is 16.7 Å². The molecule has 0 atom stereocenters. The van der Waals surface area contributed by atoms with Crippen molar-refractivity contribution in [2.75, 3.05) is 5.75 Å². The number of carbonyl (C=O) groups is 1. The van der Waals surface area contributed by atoms with E-state index in [1.54, 1.807) is 16.8 Å². The molecule has 7 heteroatoms. The second-order valence-electron chi connectivity index (χ2n) is 4.44. The Labute approximate surface area is 132 Å². The number of hydrogen-bond donors (Lipinski definition) is 2. The molecule has 2 N–H and O–H groups in total. The van der Waals surface area contributed by atoms with Crippen LogP contribution in [0.2, 0.25) is 5.02 Å². The highest BCUT2D eigenvalue weighted by Crippen LogP contribution is 2.17. The summed E-state index contributed by atoms with van der Waals surface area (Å²) in [4.78, 5) is 16.0. The molecular formula is C14H16ClN3O2S. The van der Waals surface area contributed by atoms with Crippen LogP contribution in [-0.2, 0) is 25.0 Å². The fourth-order valence-corrected chi connectivity index (χ4v) is 2.75. The van der Waals surface area contributed by atoms with Crippen LogP contribution in [0.25, 0.3) is 0 Å². The van der Waals surface area contributed by atoms with Gasteiger partial charge < -0.3 is 15.0 Å². The van der Waals surface area contributed by atoms with E-state index in [-0.39, 0.29) is 18.3 Å². The van der Waals surface area contributed by atoms with Gasteiger partial charge in [-0.15, -0.1) is 0 Å². The van der Waals surface area contributed by atoms with E-state index in [0.717, 1.165) is 11.3 Å². The number of amides is 1. The normalized spacial score (nSPS) is 10.6. The molecule has 1 aromatic heterocycles. The van der Waals surface area contributed by atoms with Gasteiger partial charge in [0, 0.05) is 18.6 Å². The molecule has 0 spiro atoms. The summed E-state index contributed by atoms with van der Waals surface area (Å²) in [5.74, 6) is 0.199. The van der Waals surface area contributed by atoms with Gasteiger partial charge in [-0.05, 0) is 17.7 Å². The predicted molar refractivity (Wildman–Crippen MR) is 83.2 cm³/mol. The molecule has 21 heavy (non-hydrogen) atoms. The first kappa shape index (κ1) is 15.9. The zero-order valence-corrected chi connectivity index (χ0v) is 13.1. The van der Waals surface area contributed by atoms with Crippen LogP contribution in [0.3, 0.4) is 0 Å². The summed E-state index contributed by atoms with van der Waals surface area (Å²) in [7, 11) is 1.81. The van der Waals surface area contributed by atoms with E-state index in [2.05, 4.69) is 10.3 Å². The molecule has 0 fully saturated rings. The number of aliphatic hydroxyl groups is 1. The van der Waals surface area contributed by atoms with E-state index in [1.807, 2.05) is 25.2 Å². The van der Waals surface area contributed by atoms with Crippen LogP contribution >= 0.6 is 23.4 Å². The lowest BCUT2D eigenvalue weighted by Crippen LogP contribution is -2.24. The van der Waals surface area contributed by atoms with Crippen molar-refractivity contribution in [1.82, 2.24) is 14.9 Å². The summed E-state index contributed by atoms with van der Waals surface area (Å²) < 4.78 is 1.77. The van der Waals surface area contributed by atoms with Gasteiger partial charge in [-0.1, -0.05) is 35.5 Å². The van der Waals surface area contributed by atoms with Crippen LogP contribution < -0.4 is 5.32 Å². The third-order valence-corrected chi connectivity index (χ3v) is 4.19. The Bertz CT molecular complexity index is 630. The van der Waals surface area contributed by atoms with Crippen LogP contribution in [0.5, 0.6) is 0 Å². The van der Waals surface area contributed by atoms with E-state index in [1.165, 1.54) is 11.8 Å². The van der Waals surface area contributed by atoms with Crippen molar-refractivity contribution in [3.63, 3.8) is 0 Å². The number of halogens is 1. The standard InChI is InChI=1S/C14H16ClN3O2S/c1-18-12(8-19)7-17-14(18)21-9-13(20)16-6-10-3-2-4-11(15)5-10/h2-5,7,19H,6,8-9H2,1H3,(H,16,20). The molecule has 0 aliphatic heterocycles. The smallest absolute Gasteiger partial charge is 0.230 e. The van der Waals surface area contributed by atoms with Gasteiger partial charge in [0.25, 0.3) is 0 Å². The number of rotatable bonds is 6. The summed E-state index contributed by atoms with van der Waals surface area (Å²) in [6, 6.07) is 7.37. The molecule has 0 aliphatic carbocycles. The highest BCUT2D eigenvalue weighted by atomic mass is 35.5. The molecule has 0 radical (unpaired) electrons.